The van der Waals surface area contributed by atoms with Crippen molar-refractivity contribution < 1.29 is 19.5 Å². The Balaban J connectivity index is 1.90. The fourth-order valence-electron chi connectivity index (χ4n) is 2.17. The van der Waals surface area contributed by atoms with Crippen LogP contribution in [0.4, 0.5) is 0 Å². The van der Waals surface area contributed by atoms with E-state index in [1.165, 1.54) is 6.07 Å². The third kappa shape index (κ3) is 2.26. The normalized spacial score (nSPS) is 16.6. The Morgan fingerprint density at radius 2 is 1.95 bits per heavy atom. The topological polar surface area (TPSA) is 88.6 Å². The molecule has 1 aromatic carbocycles. The first kappa shape index (κ1) is 12.0. The molecule has 0 radical (unpaired) electrons. The lowest BCUT2D eigenvalue weighted by atomic mass is 10.00. The quantitative estimate of drug-likeness (QED) is 0.805. The van der Waals surface area contributed by atoms with Gasteiger partial charge in [0.1, 0.15) is 0 Å². The van der Waals surface area contributed by atoms with E-state index in [0.717, 1.165) is 12.8 Å². The molecule has 100 valence electrons. The van der Waals surface area contributed by atoms with Gasteiger partial charge in [0.2, 0.25) is 0 Å². The van der Waals surface area contributed by atoms with E-state index in [4.69, 9.17) is 9.26 Å². The maximum Gasteiger partial charge on any atom is 0.261 e. The van der Waals surface area contributed by atoms with Gasteiger partial charge in [0.25, 0.3) is 5.89 Å². The SMILES string of the molecule is Oc1cccc(-c2nc(C3CCOCC3)no2)c1O. The van der Waals surface area contributed by atoms with Crippen molar-refractivity contribution in [3.8, 4) is 23.0 Å². The van der Waals surface area contributed by atoms with Crippen molar-refractivity contribution in [3.05, 3.63) is 24.0 Å². The number of ether oxygens (including phenoxy) is 1. The summed E-state index contributed by atoms with van der Waals surface area (Å²) in [4.78, 5) is 4.30. The number of nitrogens with zero attached hydrogens (tertiary/aromatic N) is 2. The molecule has 1 aliphatic rings. The number of hydrogen-bond acceptors (Lipinski definition) is 6. The van der Waals surface area contributed by atoms with Crippen LogP contribution in [0.1, 0.15) is 24.6 Å². The van der Waals surface area contributed by atoms with Crippen LogP contribution in [0.25, 0.3) is 11.5 Å². The van der Waals surface area contributed by atoms with E-state index in [1.807, 2.05) is 0 Å². The van der Waals surface area contributed by atoms with Crippen LogP contribution in [0, 0.1) is 0 Å². The Morgan fingerprint density at radius 3 is 2.74 bits per heavy atom. The molecule has 2 N–H and O–H groups in total. The van der Waals surface area contributed by atoms with Crippen molar-refractivity contribution in [2.75, 3.05) is 13.2 Å². The van der Waals surface area contributed by atoms with Gasteiger partial charge in [-0.3, -0.25) is 0 Å². The van der Waals surface area contributed by atoms with Gasteiger partial charge >= 0.3 is 0 Å². The van der Waals surface area contributed by atoms with E-state index in [9.17, 15) is 10.2 Å². The van der Waals surface area contributed by atoms with E-state index < -0.39 is 0 Å². The first-order chi connectivity index (χ1) is 9.25. The van der Waals surface area contributed by atoms with Crippen molar-refractivity contribution in [1.82, 2.24) is 10.1 Å². The predicted molar refractivity (Wildman–Crippen MR) is 65.9 cm³/mol. The maximum absolute atomic E-state index is 9.77. The minimum Gasteiger partial charge on any atom is -0.504 e. The van der Waals surface area contributed by atoms with Crippen molar-refractivity contribution in [2.45, 2.75) is 18.8 Å². The summed E-state index contributed by atoms with van der Waals surface area (Å²) in [7, 11) is 0. The Morgan fingerprint density at radius 1 is 1.16 bits per heavy atom. The molecule has 6 nitrogen and oxygen atoms in total. The zero-order valence-corrected chi connectivity index (χ0v) is 10.2. The van der Waals surface area contributed by atoms with Gasteiger partial charge in [-0.15, -0.1) is 0 Å². The Bertz CT molecular complexity index is 576. The summed E-state index contributed by atoms with van der Waals surface area (Å²) in [6.45, 7) is 1.40. The van der Waals surface area contributed by atoms with Crippen LogP contribution in [0.5, 0.6) is 11.5 Å². The average Bonchev–Trinajstić information content (AvgIpc) is 2.92. The Kier molecular flexibility index (Phi) is 3.08. The molecule has 1 aromatic heterocycles. The van der Waals surface area contributed by atoms with Gasteiger partial charge in [-0.25, -0.2) is 0 Å². The third-order valence-corrected chi connectivity index (χ3v) is 3.27. The summed E-state index contributed by atoms with van der Waals surface area (Å²) < 4.78 is 10.5. The van der Waals surface area contributed by atoms with Crippen LogP contribution >= 0.6 is 0 Å². The van der Waals surface area contributed by atoms with Crippen LogP contribution < -0.4 is 0 Å². The second-order valence-electron chi connectivity index (χ2n) is 4.52. The molecule has 0 aliphatic carbocycles. The molecule has 1 saturated heterocycles. The second kappa shape index (κ2) is 4.89. The lowest BCUT2D eigenvalue weighted by Gasteiger charge is -2.18. The number of benzene rings is 1. The number of para-hydroxylation sites is 1. The zero-order chi connectivity index (χ0) is 13.2. The van der Waals surface area contributed by atoms with Gasteiger partial charge in [0, 0.05) is 19.1 Å². The second-order valence-corrected chi connectivity index (χ2v) is 4.52. The number of aromatic hydroxyl groups is 2. The molecular weight excluding hydrogens is 248 g/mol. The minimum atomic E-state index is -0.246. The van der Waals surface area contributed by atoms with Crippen molar-refractivity contribution in [1.29, 1.82) is 0 Å². The van der Waals surface area contributed by atoms with Crippen LogP contribution in [0.15, 0.2) is 22.7 Å². The van der Waals surface area contributed by atoms with Crippen LogP contribution in [0.2, 0.25) is 0 Å². The summed E-state index contributed by atoms with van der Waals surface area (Å²) in [5.74, 6) is 0.620. The standard InChI is InChI=1S/C13H14N2O4/c16-10-3-1-2-9(11(10)17)13-14-12(15-19-13)8-4-6-18-7-5-8/h1-3,8,16-17H,4-7H2. The van der Waals surface area contributed by atoms with E-state index >= 15 is 0 Å². The average molecular weight is 262 g/mol. The highest BCUT2D eigenvalue weighted by atomic mass is 16.5. The van der Waals surface area contributed by atoms with Gasteiger partial charge in [0.15, 0.2) is 17.3 Å². The largest absolute Gasteiger partial charge is 0.504 e. The lowest BCUT2D eigenvalue weighted by Crippen LogP contribution is -2.15. The monoisotopic (exact) mass is 262 g/mol. The van der Waals surface area contributed by atoms with Gasteiger partial charge in [-0.2, -0.15) is 4.98 Å². The van der Waals surface area contributed by atoms with Gasteiger partial charge < -0.3 is 19.5 Å². The highest BCUT2D eigenvalue weighted by molar-refractivity contribution is 5.66. The first-order valence-corrected chi connectivity index (χ1v) is 6.18. The molecule has 2 heterocycles. The van der Waals surface area contributed by atoms with Crippen molar-refractivity contribution in [2.24, 2.45) is 0 Å². The highest BCUT2D eigenvalue weighted by Crippen LogP contribution is 2.36. The molecule has 6 heteroatoms. The minimum absolute atomic E-state index is 0.205. The fourth-order valence-corrected chi connectivity index (χ4v) is 2.17. The van der Waals surface area contributed by atoms with Gasteiger partial charge in [-0.05, 0) is 25.0 Å². The van der Waals surface area contributed by atoms with Gasteiger partial charge in [0.05, 0.1) is 5.56 Å². The zero-order valence-electron chi connectivity index (χ0n) is 10.2. The molecule has 0 amide bonds. The van der Waals surface area contributed by atoms with Crippen molar-refractivity contribution >= 4 is 0 Å². The number of aromatic nitrogens is 2. The molecule has 0 saturated carbocycles. The summed E-state index contributed by atoms with van der Waals surface area (Å²) >= 11 is 0. The summed E-state index contributed by atoms with van der Waals surface area (Å²) in [6, 6.07) is 4.63. The molecular formula is C13H14N2O4. The van der Waals surface area contributed by atoms with E-state index in [1.54, 1.807) is 12.1 Å². The first-order valence-electron chi connectivity index (χ1n) is 6.18. The van der Waals surface area contributed by atoms with Gasteiger partial charge in [-0.1, -0.05) is 11.2 Å². The molecule has 3 rings (SSSR count). The molecule has 0 bridgehead atoms. The number of rotatable bonds is 2. The van der Waals surface area contributed by atoms with Crippen LogP contribution in [0.3, 0.4) is 0 Å². The lowest BCUT2D eigenvalue weighted by molar-refractivity contribution is 0.0830. The molecule has 0 spiro atoms. The molecule has 0 unspecified atom stereocenters. The molecule has 0 atom stereocenters. The van der Waals surface area contributed by atoms with Crippen LogP contribution in [-0.2, 0) is 4.74 Å². The van der Waals surface area contributed by atoms with Crippen LogP contribution in [-0.4, -0.2) is 33.6 Å². The summed E-state index contributed by atoms with van der Waals surface area (Å²) in [5.41, 5.74) is 0.339. The third-order valence-electron chi connectivity index (χ3n) is 3.27. The van der Waals surface area contributed by atoms with E-state index in [-0.39, 0.29) is 23.3 Å². The number of hydrogen-bond donors (Lipinski definition) is 2. The number of phenolic OH excluding ortho intramolecular Hbond substituents is 2. The maximum atomic E-state index is 9.77. The van der Waals surface area contributed by atoms with E-state index in [2.05, 4.69) is 10.1 Å². The molecule has 1 aliphatic heterocycles. The fraction of sp³-hybridized carbons (Fsp3) is 0.385. The number of phenols is 2. The summed E-state index contributed by atoms with van der Waals surface area (Å²) in [6.07, 6.45) is 1.73. The molecule has 1 fully saturated rings. The smallest absolute Gasteiger partial charge is 0.261 e. The predicted octanol–water partition coefficient (Wildman–Crippen LogP) is 2.04. The Labute approximate surface area is 109 Å². The molecule has 2 aromatic rings. The highest BCUT2D eigenvalue weighted by Gasteiger charge is 2.23. The van der Waals surface area contributed by atoms with E-state index in [0.29, 0.717) is 24.6 Å². The van der Waals surface area contributed by atoms with Crippen molar-refractivity contribution in [3.63, 3.8) is 0 Å². The Hall–Kier alpha value is -2.08. The molecule has 19 heavy (non-hydrogen) atoms. The summed E-state index contributed by atoms with van der Waals surface area (Å²) in [5, 5.41) is 23.2.